The van der Waals surface area contributed by atoms with E-state index in [0.717, 1.165) is 39.2 Å². The molecule has 0 N–H and O–H groups in total. The van der Waals surface area contributed by atoms with Crippen LogP contribution in [0.4, 0.5) is 5.95 Å². The molecule has 0 radical (unpaired) electrons. The summed E-state index contributed by atoms with van der Waals surface area (Å²) < 4.78 is 3.99. The minimum absolute atomic E-state index is 0.0671. The molecule has 1 amide bonds. The maximum atomic E-state index is 13.8. The standard InChI is InChI=1S/C23H20N6OS/c1-14(2)29-21-16(13-24-29)15(12-18(25-21)20-8-5-11-31-20)22(30)28-10-9-27-19-7-4-3-6-17(19)26-23(27)28/h3-8,11-14H,9-10H2,1-2H3. The Labute approximate surface area is 182 Å². The van der Waals surface area contributed by atoms with Gasteiger partial charge in [0.2, 0.25) is 5.95 Å². The van der Waals surface area contributed by atoms with Gasteiger partial charge in [-0.2, -0.15) is 5.10 Å². The fourth-order valence-corrected chi connectivity index (χ4v) is 4.94. The lowest BCUT2D eigenvalue weighted by molar-refractivity contribution is 0.0990. The normalized spacial score (nSPS) is 13.6. The van der Waals surface area contributed by atoms with Gasteiger partial charge in [0, 0.05) is 19.1 Å². The van der Waals surface area contributed by atoms with Crippen molar-refractivity contribution in [3.8, 4) is 10.6 Å². The van der Waals surface area contributed by atoms with Crippen molar-refractivity contribution in [3.05, 3.63) is 59.6 Å². The summed E-state index contributed by atoms with van der Waals surface area (Å²) in [6.07, 6.45) is 1.76. The minimum atomic E-state index is -0.0671. The van der Waals surface area contributed by atoms with E-state index < -0.39 is 0 Å². The Morgan fingerprint density at radius 3 is 2.77 bits per heavy atom. The van der Waals surface area contributed by atoms with E-state index in [2.05, 4.69) is 23.5 Å². The largest absolute Gasteiger partial charge is 0.308 e. The number of rotatable bonds is 3. The Morgan fingerprint density at radius 2 is 1.97 bits per heavy atom. The summed E-state index contributed by atoms with van der Waals surface area (Å²) in [5.74, 6) is 0.632. The summed E-state index contributed by atoms with van der Waals surface area (Å²) in [6, 6.07) is 14.1. The average molecular weight is 429 g/mol. The molecule has 7 nitrogen and oxygen atoms in total. The number of anilines is 1. The van der Waals surface area contributed by atoms with Crippen LogP contribution in [0, 0.1) is 0 Å². The number of pyridine rings is 1. The van der Waals surface area contributed by atoms with Crippen molar-refractivity contribution in [2.45, 2.75) is 26.4 Å². The van der Waals surface area contributed by atoms with Crippen molar-refractivity contribution in [3.63, 3.8) is 0 Å². The van der Waals surface area contributed by atoms with E-state index in [1.807, 2.05) is 52.5 Å². The summed E-state index contributed by atoms with van der Waals surface area (Å²) in [4.78, 5) is 26.2. The van der Waals surface area contributed by atoms with E-state index >= 15 is 0 Å². The number of carbonyl (C=O) groups is 1. The molecule has 1 aliphatic heterocycles. The van der Waals surface area contributed by atoms with Crippen LogP contribution in [0.25, 0.3) is 32.6 Å². The van der Waals surface area contributed by atoms with E-state index in [-0.39, 0.29) is 11.9 Å². The smallest absolute Gasteiger partial charge is 0.261 e. The molecule has 5 heterocycles. The molecular formula is C23H20N6OS. The number of fused-ring (bicyclic) bond motifs is 4. The molecule has 1 aliphatic rings. The highest BCUT2D eigenvalue weighted by molar-refractivity contribution is 7.13. The van der Waals surface area contributed by atoms with Gasteiger partial charge in [-0.05, 0) is 43.5 Å². The van der Waals surface area contributed by atoms with Crippen LogP contribution in [0.3, 0.4) is 0 Å². The summed E-state index contributed by atoms with van der Waals surface area (Å²) in [7, 11) is 0. The second-order valence-corrected chi connectivity index (χ2v) is 8.91. The number of para-hydroxylation sites is 2. The first-order chi connectivity index (χ1) is 15.1. The van der Waals surface area contributed by atoms with Gasteiger partial charge in [-0.1, -0.05) is 18.2 Å². The molecule has 5 aromatic rings. The van der Waals surface area contributed by atoms with Gasteiger partial charge < -0.3 is 4.57 Å². The van der Waals surface area contributed by atoms with Gasteiger partial charge >= 0.3 is 0 Å². The summed E-state index contributed by atoms with van der Waals surface area (Å²) in [6.45, 7) is 5.47. The molecule has 0 saturated heterocycles. The number of hydrogen-bond acceptors (Lipinski definition) is 5. The zero-order valence-electron chi connectivity index (χ0n) is 17.2. The van der Waals surface area contributed by atoms with Crippen LogP contribution in [0.15, 0.2) is 54.0 Å². The molecule has 6 rings (SSSR count). The van der Waals surface area contributed by atoms with Crippen LogP contribution in [0.2, 0.25) is 0 Å². The van der Waals surface area contributed by atoms with E-state index in [4.69, 9.17) is 9.97 Å². The van der Waals surface area contributed by atoms with Crippen LogP contribution >= 0.6 is 11.3 Å². The van der Waals surface area contributed by atoms with Crippen LogP contribution in [-0.4, -0.2) is 36.8 Å². The topological polar surface area (TPSA) is 68.8 Å². The van der Waals surface area contributed by atoms with Crippen molar-refractivity contribution in [1.82, 2.24) is 24.3 Å². The Bertz CT molecular complexity index is 1450. The molecule has 31 heavy (non-hydrogen) atoms. The lowest BCUT2D eigenvalue weighted by Gasteiger charge is -2.15. The second kappa shape index (κ2) is 6.75. The molecule has 8 heteroatoms. The van der Waals surface area contributed by atoms with Gasteiger partial charge in [0.25, 0.3) is 5.91 Å². The summed E-state index contributed by atoms with van der Waals surface area (Å²) >= 11 is 1.61. The van der Waals surface area contributed by atoms with Gasteiger partial charge in [-0.3, -0.25) is 9.69 Å². The molecule has 0 unspecified atom stereocenters. The third kappa shape index (κ3) is 2.71. The Morgan fingerprint density at radius 1 is 1.10 bits per heavy atom. The molecule has 0 atom stereocenters. The molecular weight excluding hydrogens is 408 g/mol. The fourth-order valence-electron chi connectivity index (χ4n) is 4.25. The van der Waals surface area contributed by atoms with Crippen LogP contribution in [-0.2, 0) is 6.54 Å². The molecule has 0 aliphatic carbocycles. The van der Waals surface area contributed by atoms with Crippen LogP contribution in [0.1, 0.15) is 30.2 Å². The van der Waals surface area contributed by atoms with E-state index in [1.165, 1.54) is 0 Å². The van der Waals surface area contributed by atoms with Crippen molar-refractivity contribution in [2.75, 3.05) is 11.4 Å². The molecule has 0 bridgehead atoms. The number of aromatic nitrogens is 5. The first-order valence-electron chi connectivity index (χ1n) is 10.3. The second-order valence-electron chi connectivity index (χ2n) is 7.96. The first kappa shape index (κ1) is 18.3. The number of benzene rings is 1. The Balaban J connectivity index is 1.52. The zero-order valence-corrected chi connectivity index (χ0v) is 18.0. The number of carbonyl (C=O) groups excluding carboxylic acids is 1. The SMILES string of the molecule is CC(C)n1ncc2c(C(=O)N3CCn4c3nc3ccccc34)cc(-c3cccs3)nc21. The molecule has 0 spiro atoms. The Hall–Kier alpha value is -3.52. The summed E-state index contributed by atoms with van der Waals surface area (Å²) in [5.41, 5.74) is 4.10. The lowest BCUT2D eigenvalue weighted by Crippen LogP contribution is -2.29. The molecule has 1 aromatic carbocycles. The van der Waals surface area contributed by atoms with Gasteiger partial charge in [0.05, 0.1) is 38.8 Å². The third-order valence-corrected chi connectivity index (χ3v) is 6.62. The monoisotopic (exact) mass is 428 g/mol. The predicted molar refractivity (Wildman–Crippen MR) is 123 cm³/mol. The van der Waals surface area contributed by atoms with Crippen molar-refractivity contribution in [2.24, 2.45) is 0 Å². The number of imidazole rings is 1. The zero-order chi connectivity index (χ0) is 21.1. The average Bonchev–Trinajstić information content (AvgIpc) is 3.55. The van der Waals surface area contributed by atoms with Gasteiger partial charge in [-0.25, -0.2) is 14.6 Å². The third-order valence-electron chi connectivity index (χ3n) is 5.73. The molecule has 0 fully saturated rings. The highest BCUT2D eigenvalue weighted by Gasteiger charge is 2.31. The quantitative estimate of drug-likeness (QED) is 0.416. The first-order valence-corrected chi connectivity index (χ1v) is 11.2. The number of nitrogens with zero attached hydrogens (tertiary/aromatic N) is 6. The van der Waals surface area contributed by atoms with Gasteiger partial charge in [0.1, 0.15) is 0 Å². The molecule has 4 aromatic heterocycles. The van der Waals surface area contributed by atoms with Crippen molar-refractivity contribution < 1.29 is 4.79 Å². The fraction of sp³-hybridized carbons (Fsp3) is 0.217. The molecule has 0 saturated carbocycles. The molecule has 154 valence electrons. The van der Waals surface area contributed by atoms with Crippen molar-refractivity contribution in [1.29, 1.82) is 0 Å². The van der Waals surface area contributed by atoms with Crippen LogP contribution < -0.4 is 4.90 Å². The predicted octanol–water partition coefficient (Wildman–Crippen LogP) is 4.75. The number of amides is 1. The van der Waals surface area contributed by atoms with Gasteiger partial charge in [0.15, 0.2) is 5.65 Å². The number of thiophene rings is 1. The van der Waals surface area contributed by atoms with Crippen molar-refractivity contribution >= 4 is 45.3 Å². The lowest BCUT2D eigenvalue weighted by atomic mass is 10.1. The minimum Gasteiger partial charge on any atom is -0.308 e. The number of hydrogen-bond donors (Lipinski definition) is 0. The van der Waals surface area contributed by atoms with E-state index in [9.17, 15) is 4.79 Å². The highest BCUT2D eigenvalue weighted by Crippen LogP contribution is 2.32. The van der Waals surface area contributed by atoms with E-state index in [0.29, 0.717) is 18.1 Å². The van der Waals surface area contributed by atoms with Gasteiger partial charge in [-0.15, -0.1) is 11.3 Å². The summed E-state index contributed by atoms with van der Waals surface area (Å²) in [5, 5.41) is 7.32. The van der Waals surface area contributed by atoms with E-state index in [1.54, 1.807) is 22.4 Å². The maximum absolute atomic E-state index is 13.8. The van der Waals surface area contributed by atoms with Crippen LogP contribution in [0.5, 0.6) is 0 Å². The maximum Gasteiger partial charge on any atom is 0.261 e. The Kier molecular flexibility index (Phi) is 3.97. The highest BCUT2D eigenvalue weighted by atomic mass is 32.1.